The maximum absolute atomic E-state index is 5.84. The average Bonchev–Trinajstić information content (AvgIpc) is 3.18. The van der Waals surface area contributed by atoms with Crippen LogP contribution in [0.2, 0.25) is 0 Å². The summed E-state index contributed by atoms with van der Waals surface area (Å²) in [5.74, 6) is 2.19. The van der Waals surface area contributed by atoms with E-state index < -0.39 is 0 Å². The lowest BCUT2D eigenvalue weighted by atomic mass is 10.2. The van der Waals surface area contributed by atoms with Gasteiger partial charge in [-0.1, -0.05) is 42.5 Å². The van der Waals surface area contributed by atoms with Gasteiger partial charge in [0.1, 0.15) is 18.1 Å². The number of hydrogen-bond acceptors (Lipinski definition) is 5. The Bertz CT molecular complexity index is 1240. The normalized spacial score (nSPS) is 11.2. The third-order valence-electron chi connectivity index (χ3n) is 4.57. The van der Waals surface area contributed by atoms with Crippen molar-refractivity contribution >= 4 is 18.4 Å². The maximum Gasteiger partial charge on any atom is 0.216 e. The van der Waals surface area contributed by atoms with E-state index in [1.54, 1.807) is 10.9 Å². The Labute approximate surface area is 192 Å². The molecule has 0 bridgehead atoms. The fourth-order valence-corrected chi connectivity index (χ4v) is 3.26. The topological polar surface area (TPSA) is 64.4 Å². The highest BCUT2D eigenvalue weighted by molar-refractivity contribution is 7.71. The fraction of sp³-hybridized carbons (Fsp3) is 0.160. The lowest BCUT2D eigenvalue weighted by Gasteiger charge is -2.10. The number of H-pyrrole nitrogens is 1. The fourth-order valence-electron chi connectivity index (χ4n) is 3.08. The smallest absolute Gasteiger partial charge is 0.216 e. The quantitative estimate of drug-likeness (QED) is 0.273. The van der Waals surface area contributed by atoms with Crippen molar-refractivity contribution in [3.8, 4) is 22.9 Å². The number of ether oxygens (including phenoxy) is 2. The maximum atomic E-state index is 5.84. The summed E-state index contributed by atoms with van der Waals surface area (Å²) < 4.78 is 13.6. The van der Waals surface area contributed by atoms with Crippen LogP contribution in [-0.2, 0) is 6.61 Å². The van der Waals surface area contributed by atoms with Crippen molar-refractivity contribution in [1.82, 2.24) is 14.9 Å². The van der Waals surface area contributed by atoms with Crippen LogP contribution >= 0.6 is 12.2 Å². The number of aromatic amines is 1. The van der Waals surface area contributed by atoms with E-state index in [0.717, 1.165) is 28.2 Å². The Hall–Kier alpha value is -3.71. The minimum Gasteiger partial charge on any atom is -0.491 e. The van der Waals surface area contributed by atoms with Crippen LogP contribution in [0.25, 0.3) is 11.4 Å². The summed E-state index contributed by atoms with van der Waals surface area (Å²) in [4.78, 5) is 0. The van der Waals surface area contributed by atoms with Gasteiger partial charge in [0.15, 0.2) is 5.82 Å². The zero-order valence-electron chi connectivity index (χ0n) is 17.9. The first-order valence-electron chi connectivity index (χ1n) is 10.3. The van der Waals surface area contributed by atoms with Crippen LogP contribution in [0.15, 0.2) is 84.0 Å². The van der Waals surface area contributed by atoms with E-state index in [-0.39, 0.29) is 6.10 Å². The van der Waals surface area contributed by atoms with Crippen LogP contribution in [0.5, 0.6) is 11.5 Å². The largest absolute Gasteiger partial charge is 0.491 e. The molecule has 1 heterocycles. The number of hydrogen-bond donors (Lipinski definition) is 1. The second kappa shape index (κ2) is 10.1. The molecule has 0 fully saturated rings. The Kier molecular flexibility index (Phi) is 6.77. The van der Waals surface area contributed by atoms with Crippen LogP contribution in [0.3, 0.4) is 0 Å². The summed E-state index contributed by atoms with van der Waals surface area (Å²) >= 11 is 5.37. The highest BCUT2D eigenvalue weighted by atomic mass is 32.1. The average molecular weight is 445 g/mol. The monoisotopic (exact) mass is 444 g/mol. The summed E-state index contributed by atoms with van der Waals surface area (Å²) in [6.45, 7) is 4.51. The van der Waals surface area contributed by atoms with E-state index >= 15 is 0 Å². The first kappa shape index (κ1) is 21.5. The SMILES string of the molecule is CC(C)Oc1cccc(-c2n[nH]c(=S)n2N=Cc2ccc(OCc3ccccc3)cc2)c1. The van der Waals surface area contributed by atoms with E-state index in [2.05, 4.69) is 15.3 Å². The van der Waals surface area contributed by atoms with Crippen molar-refractivity contribution in [2.75, 3.05) is 0 Å². The molecule has 0 spiro atoms. The summed E-state index contributed by atoms with van der Waals surface area (Å²) in [6.07, 6.45) is 1.83. The van der Waals surface area contributed by atoms with Gasteiger partial charge in [-0.15, -0.1) is 0 Å². The number of nitrogens with zero attached hydrogens (tertiary/aromatic N) is 3. The van der Waals surface area contributed by atoms with Gasteiger partial charge in [0.05, 0.1) is 12.3 Å². The molecule has 0 radical (unpaired) electrons. The van der Waals surface area contributed by atoms with Crippen molar-refractivity contribution in [3.05, 3.63) is 94.8 Å². The van der Waals surface area contributed by atoms with Gasteiger partial charge in [-0.2, -0.15) is 14.9 Å². The highest BCUT2D eigenvalue weighted by Gasteiger charge is 2.10. The molecule has 4 rings (SSSR count). The van der Waals surface area contributed by atoms with Crippen LogP contribution < -0.4 is 9.47 Å². The van der Waals surface area contributed by atoms with Gasteiger partial charge in [-0.3, -0.25) is 0 Å². The molecule has 7 heteroatoms. The molecular formula is C25H24N4O2S. The zero-order chi connectivity index (χ0) is 22.3. The predicted molar refractivity (Wildman–Crippen MR) is 129 cm³/mol. The van der Waals surface area contributed by atoms with Crippen molar-refractivity contribution in [3.63, 3.8) is 0 Å². The molecule has 32 heavy (non-hydrogen) atoms. The summed E-state index contributed by atoms with van der Waals surface area (Å²) in [5, 5.41) is 11.7. The highest BCUT2D eigenvalue weighted by Crippen LogP contribution is 2.23. The molecule has 1 aromatic heterocycles. The minimum atomic E-state index is 0.0868. The molecule has 162 valence electrons. The van der Waals surface area contributed by atoms with Gasteiger partial charge >= 0.3 is 0 Å². The molecule has 0 aliphatic rings. The van der Waals surface area contributed by atoms with Crippen molar-refractivity contribution in [1.29, 1.82) is 0 Å². The standard InChI is InChI=1S/C25H24N4O2S/c1-18(2)31-23-10-6-9-21(15-23)24-27-28-25(32)29(24)26-16-19-11-13-22(14-12-19)30-17-20-7-4-3-5-8-20/h3-16,18H,17H2,1-2H3,(H,28,32). The molecular weight excluding hydrogens is 420 g/mol. The van der Waals surface area contributed by atoms with Crippen LogP contribution in [0, 0.1) is 4.77 Å². The third-order valence-corrected chi connectivity index (χ3v) is 4.83. The number of nitrogens with one attached hydrogen (secondary N) is 1. The molecule has 0 atom stereocenters. The molecule has 0 saturated heterocycles. The van der Waals surface area contributed by atoms with Gasteiger partial charge in [-0.05, 0) is 73.6 Å². The molecule has 0 aliphatic carbocycles. The Morgan fingerprint density at radius 2 is 1.78 bits per heavy atom. The summed E-state index contributed by atoms with van der Waals surface area (Å²) in [5.41, 5.74) is 2.91. The van der Waals surface area contributed by atoms with Gasteiger partial charge in [0, 0.05) is 5.56 Å². The number of aromatic nitrogens is 3. The molecule has 0 amide bonds. The molecule has 3 aromatic carbocycles. The molecule has 0 aliphatic heterocycles. The van der Waals surface area contributed by atoms with Crippen molar-refractivity contribution in [2.24, 2.45) is 5.10 Å². The van der Waals surface area contributed by atoms with Crippen LogP contribution in [-0.4, -0.2) is 27.2 Å². The second-order valence-electron chi connectivity index (χ2n) is 7.45. The first-order valence-corrected chi connectivity index (χ1v) is 10.7. The van der Waals surface area contributed by atoms with Crippen molar-refractivity contribution in [2.45, 2.75) is 26.6 Å². The second-order valence-corrected chi connectivity index (χ2v) is 7.83. The van der Waals surface area contributed by atoms with E-state index in [4.69, 9.17) is 21.7 Å². The van der Waals surface area contributed by atoms with Gasteiger partial charge in [-0.25, -0.2) is 5.10 Å². The molecule has 6 nitrogen and oxygen atoms in total. The molecule has 0 saturated carbocycles. The first-order chi connectivity index (χ1) is 15.6. The van der Waals surface area contributed by atoms with Gasteiger partial charge in [0.25, 0.3) is 0 Å². The predicted octanol–water partition coefficient (Wildman–Crippen LogP) is 5.86. The molecule has 1 N–H and O–H groups in total. The van der Waals surface area contributed by atoms with E-state index in [0.29, 0.717) is 17.2 Å². The lowest BCUT2D eigenvalue weighted by molar-refractivity contribution is 0.242. The van der Waals surface area contributed by atoms with Gasteiger partial charge in [0.2, 0.25) is 4.77 Å². The number of rotatable bonds is 8. The van der Waals surface area contributed by atoms with E-state index in [1.807, 2.05) is 92.7 Å². The van der Waals surface area contributed by atoms with Crippen molar-refractivity contribution < 1.29 is 9.47 Å². The van der Waals surface area contributed by atoms with Crippen LogP contribution in [0.1, 0.15) is 25.0 Å². The zero-order valence-corrected chi connectivity index (χ0v) is 18.8. The Balaban J connectivity index is 1.48. The Morgan fingerprint density at radius 3 is 2.53 bits per heavy atom. The lowest BCUT2D eigenvalue weighted by Crippen LogP contribution is -2.05. The number of benzene rings is 3. The molecule has 4 aromatic rings. The molecule has 0 unspecified atom stereocenters. The third kappa shape index (κ3) is 5.50. The summed E-state index contributed by atoms with van der Waals surface area (Å²) in [7, 11) is 0. The van der Waals surface area contributed by atoms with E-state index in [9.17, 15) is 0 Å². The summed E-state index contributed by atoms with van der Waals surface area (Å²) in [6, 6.07) is 25.5. The minimum absolute atomic E-state index is 0.0868. The van der Waals surface area contributed by atoms with E-state index in [1.165, 1.54) is 0 Å². The van der Waals surface area contributed by atoms with Gasteiger partial charge < -0.3 is 9.47 Å². The van der Waals surface area contributed by atoms with Crippen LogP contribution in [0.4, 0.5) is 0 Å². The Morgan fingerprint density at radius 1 is 1.00 bits per heavy atom.